The average molecular weight is 349 g/mol. The molecule has 0 bridgehead atoms. The first-order valence-corrected chi connectivity index (χ1v) is 8.34. The molecule has 0 unspecified atom stereocenters. The van der Waals surface area contributed by atoms with Gasteiger partial charge in [-0.3, -0.25) is 9.59 Å². The molecule has 0 radical (unpaired) electrons. The summed E-state index contributed by atoms with van der Waals surface area (Å²) >= 11 is 0. The molecular formula is C20H16FN3O2. The van der Waals surface area contributed by atoms with Crippen LogP contribution in [0.1, 0.15) is 5.56 Å². The van der Waals surface area contributed by atoms with E-state index in [0.717, 1.165) is 22.4 Å². The van der Waals surface area contributed by atoms with Gasteiger partial charge in [0.25, 0.3) is 5.56 Å². The molecule has 0 aliphatic carbocycles. The molecule has 1 amide bonds. The topological polar surface area (TPSA) is 55.2 Å². The maximum Gasteiger partial charge on any atom is 0.267 e. The van der Waals surface area contributed by atoms with E-state index in [-0.39, 0.29) is 23.8 Å². The number of hydrogen-bond donors (Lipinski definition) is 0. The summed E-state index contributed by atoms with van der Waals surface area (Å²) in [7, 11) is 0. The van der Waals surface area contributed by atoms with E-state index in [2.05, 4.69) is 5.10 Å². The van der Waals surface area contributed by atoms with E-state index >= 15 is 0 Å². The SMILES string of the molecule is O=C(Cn1nc(-c2ccc(F)cc2)ccc1=O)N1CCc2ccccc21. The number of amides is 1. The first-order valence-electron chi connectivity index (χ1n) is 8.34. The molecule has 1 aliphatic heterocycles. The van der Waals surface area contributed by atoms with E-state index in [9.17, 15) is 14.0 Å². The summed E-state index contributed by atoms with van der Waals surface area (Å²) in [5, 5.41) is 4.27. The Hall–Kier alpha value is -3.28. The second kappa shape index (κ2) is 6.55. The van der Waals surface area contributed by atoms with Crippen molar-refractivity contribution in [1.29, 1.82) is 0 Å². The van der Waals surface area contributed by atoms with Gasteiger partial charge in [0.2, 0.25) is 5.91 Å². The highest BCUT2D eigenvalue weighted by Crippen LogP contribution is 2.27. The van der Waals surface area contributed by atoms with Gasteiger partial charge >= 0.3 is 0 Å². The summed E-state index contributed by atoms with van der Waals surface area (Å²) in [6.07, 6.45) is 0.805. The lowest BCUT2D eigenvalue weighted by Crippen LogP contribution is -2.36. The Morgan fingerprint density at radius 3 is 2.62 bits per heavy atom. The summed E-state index contributed by atoms with van der Waals surface area (Å²) in [6.45, 7) is 0.465. The Morgan fingerprint density at radius 1 is 1.04 bits per heavy atom. The van der Waals surface area contributed by atoms with Crippen molar-refractivity contribution < 1.29 is 9.18 Å². The first kappa shape index (κ1) is 16.2. The number of hydrogen-bond acceptors (Lipinski definition) is 3. The third kappa shape index (κ3) is 3.01. The lowest BCUT2D eigenvalue weighted by Gasteiger charge is -2.17. The number of halogens is 1. The number of para-hydroxylation sites is 1. The summed E-state index contributed by atoms with van der Waals surface area (Å²) in [5.41, 5.74) is 2.86. The highest BCUT2D eigenvalue weighted by atomic mass is 19.1. The van der Waals surface area contributed by atoms with Crippen molar-refractivity contribution in [2.45, 2.75) is 13.0 Å². The second-order valence-corrected chi connectivity index (χ2v) is 6.15. The van der Waals surface area contributed by atoms with Crippen molar-refractivity contribution in [3.05, 3.63) is 82.4 Å². The Morgan fingerprint density at radius 2 is 1.81 bits per heavy atom. The van der Waals surface area contributed by atoms with Crippen LogP contribution in [0.3, 0.4) is 0 Å². The van der Waals surface area contributed by atoms with Crippen molar-refractivity contribution in [2.75, 3.05) is 11.4 Å². The minimum absolute atomic E-state index is 0.137. The Balaban J connectivity index is 1.60. The van der Waals surface area contributed by atoms with Gasteiger partial charge < -0.3 is 4.90 Å². The van der Waals surface area contributed by atoms with Crippen LogP contribution in [0.15, 0.2) is 65.5 Å². The Bertz CT molecular complexity index is 1030. The zero-order valence-electron chi connectivity index (χ0n) is 13.9. The zero-order valence-corrected chi connectivity index (χ0v) is 13.9. The lowest BCUT2D eigenvalue weighted by molar-refractivity contribution is -0.119. The summed E-state index contributed by atoms with van der Waals surface area (Å²) in [4.78, 5) is 26.5. The predicted molar refractivity (Wildman–Crippen MR) is 96.4 cm³/mol. The average Bonchev–Trinajstić information content (AvgIpc) is 3.08. The van der Waals surface area contributed by atoms with Gasteiger partial charge in [0, 0.05) is 23.9 Å². The third-order valence-corrected chi connectivity index (χ3v) is 4.48. The fourth-order valence-corrected chi connectivity index (χ4v) is 3.15. The molecule has 2 heterocycles. The highest BCUT2D eigenvalue weighted by Gasteiger charge is 2.24. The number of carbonyl (C=O) groups excluding carboxylic acids is 1. The maximum atomic E-state index is 13.1. The van der Waals surface area contributed by atoms with Crippen LogP contribution >= 0.6 is 0 Å². The largest absolute Gasteiger partial charge is 0.310 e. The number of rotatable bonds is 3. The molecule has 0 spiro atoms. The van der Waals surface area contributed by atoms with Crippen LogP contribution in [0.4, 0.5) is 10.1 Å². The van der Waals surface area contributed by atoms with E-state index in [0.29, 0.717) is 17.8 Å². The predicted octanol–water partition coefficient (Wildman–Crippen LogP) is 2.64. The summed E-state index contributed by atoms with van der Waals surface area (Å²) in [6, 6.07) is 16.5. The zero-order chi connectivity index (χ0) is 18.1. The second-order valence-electron chi connectivity index (χ2n) is 6.15. The Labute approximate surface area is 149 Å². The molecule has 5 nitrogen and oxygen atoms in total. The molecule has 0 saturated carbocycles. The van der Waals surface area contributed by atoms with Crippen LogP contribution in [0.2, 0.25) is 0 Å². The van der Waals surface area contributed by atoms with E-state index in [4.69, 9.17) is 0 Å². The minimum Gasteiger partial charge on any atom is -0.310 e. The molecular weight excluding hydrogens is 333 g/mol. The number of fused-ring (bicyclic) bond motifs is 1. The van der Waals surface area contributed by atoms with Gasteiger partial charge in [0.05, 0.1) is 5.69 Å². The van der Waals surface area contributed by atoms with Gasteiger partial charge in [0.15, 0.2) is 0 Å². The van der Waals surface area contributed by atoms with Crippen LogP contribution in [0.25, 0.3) is 11.3 Å². The fourth-order valence-electron chi connectivity index (χ4n) is 3.15. The summed E-state index contributed by atoms with van der Waals surface area (Å²) in [5.74, 6) is -0.522. The summed E-state index contributed by atoms with van der Waals surface area (Å²) < 4.78 is 14.2. The molecule has 0 atom stereocenters. The normalized spacial score (nSPS) is 12.9. The molecule has 1 aliphatic rings. The van der Waals surface area contributed by atoms with Crippen LogP contribution in [0, 0.1) is 5.82 Å². The van der Waals surface area contributed by atoms with Crippen LogP contribution in [0.5, 0.6) is 0 Å². The lowest BCUT2D eigenvalue weighted by atomic mass is 10.1. The number of nitrogens with zero attached hydrogens (tertiary/aromatic N) is 3. The van der Waals surface area contributed by atoms with Gasteiger partial charge in [-0.1, -0.05) is 18.2 Å². The standard InChI is InChI=1S/C20H16FN3O2/c21-16-7-5-14(6-8-16)17-9-10-19(25)24(22-17)13-20(26)23-12-11-15-3-1-2-4-18(15)23/h1-10H,11-13H2. The highest BCUT2D eigenvalue weighted by molar-refractivity contribution is 5.95. The van der Waals surface area contributed by atoms with Crippen molar-refractivity contribution in [1.82, 2.24) is 9.78 Å². The molecule has 0 fully saturated rings. The smallest absolute Gasteiger partial charge is 0.267 e. The maximum absolute atomic E-state index is 13.1. The molecule has 26 heavy (non-hydrogen) atoms. The Kier molecular flexibility index (Phi) is 4.08. The molecule has 1 aromatic heterocycles. The molecule has 130 valence electrons. The van der Waals surface area contributed by atoms with E-state index in [1.165, 1.54) is 18.2 Å². The van der Waals surface area contributed by atoms with Gasteiger partial charge in [-0.05, 0) is 48.4 Å². The van der Waals surface area contributed by atoms with Crippen molar-refractivity contribution in [3.63, 3.8) is 0 Å². The molecule has 2 aromatic carbocycles. The van der Waals surface area contributed by atoms with E-state index in [1.807, 2.05) is 24.3 Å². The van der Waals surface area contributed by atoms with Gasteiger partial charge in [-0.25, -0.2) is 9.07 Å². The molecule has 4 rings (SSSR count). The molecule has 3 aromatic rings. The number of carbonyl (C=O) groups is 1. The molecule has 0 N–H and O–H groups in total. The number of anilines is 1. The van der Waals surface area contributed by atoms with Crippen LogP contribution in [-0.4, -0.2) is 22.2 Å². The minimum atomic E-state index is -0.350. The monoisotopic (exact) mass is 349 g/mol. The van der Waals surface area contributed by atoms with Crippen molar-refractivity contribution in [2.24, 2.45) is 0 Å². The molecule has 6 heteroatoms. The first-order chi connectivity index (χ1) is 12.6. The van der Waals surface area contributed by atoms with Gasteiger partial charge in [-0.15, -0.1) is 0 Å². The quantitative estimate of drug-likeness (QED) is 0.730. The molecule has 0 saturated heterocycles. The van der Waals surface area contributed by atoms with Crippen molar-refractivity contribution >= 4 is 11.6 Å². The van der Waals surface area contributed by atoms with E-state index < -0.39 is 0 Å². The van der Waals surface area contributed by atoms with Crippen molar-refractivity contribution in [3.8, 4) is 11.3 Å². The fraction of sp³-hybridized carbons (Fsp3) is 0.150. The van der Waals surface area contributed by atoms with Gasteiger partial charge in [-0.2, -0.15) is 5.10 Å². The third-order valence-electron chi connectivity index (χ3n) is 4.48. The van der Waals surface area contributed by atoms with Crippen LogP contribution in [-0.2, 0) is 17.8 Å². The number of benzene rings is 2. The van der Waals surface area contributed by atoms with E-state index in [1.54, 1.807) is 23.1 Å². The number of aromatic nitrogens is 2. The van der Waals surface area contributed by atoms with Gasteiger partial charge in [0.1, 0.15) is 12.4 Å². The van der Waals surface area contributed by atoms with Crippen LogP contribution < -0.4 is 10.5 Å².